The molecule has 116 valence electrons. The topological polar surface area (TPSA) is 20.2 Å². The van der Waals surface area contributed by atoms with Gasteiger partial charge in [0.1, 0.15) is 11.6 Å². The molecule has 1 aromatic rings. The van der Waals surface area contributed by atoms with Crippen LogP contribution in [0.15, 0.2) is 18.2 Å². The Kier molecular flexibility index (Phi) is 4.30. The predicted octanol–water partition coefficient (Wildman–Crippen LogP) is 4.92. The van der Waals surface area contributed by atoms with Crippen molar-refractivity contribution in [2.24, 2.45) is 11.8 Å². The number of rotatable bonds is 2. The lowest BCUT2D eigenvalue weighted by atomic mass is 9.63. The zero-order valence-corrected chi connectivity index (χ0v) is 12.5. The van der Waals surface area contributed by atoms with Gasteiger partial charge in [-0.25, -0.2) is 8.78 Å². The quantitative estimate of drug-likeness (QED) is 0.820. The van der Waals surface area contributed by atoms with Crippen molar-refractivity contribution >= 4 is 0 Å². The van der Waals surface area contributed by atoms with Crippen molar-refractivity contribution in [1.82, 2.24) is 0 Å². The van der Waals surface area contributed by atoms with Crippen LogP contribution >= 0.6 is 0 Å². The van der Waals surface area contributed by atoms with E-state index in [1.165, 1.54) is 31.4 Å². The molecule has 0 radical (unpaired) electrons. The van der Waals surface area contributed by atoms with Crippen LogP contribution in [0.1, 0.15) is 63.4 Å². The van der Waals surface area contributed by atoms with Crippen LogP contribution in [-0.2, 0) is 5.60 Å². The average molecular weight is 294 g/mol. The lowest BCUT2D eigenvalue weighted by Gasteiger charge is -2.45. The van der Waals surface area contributed by atoms with Gasteiger partial charge in [0.15, 0.2) is 0 Å². The van der Waals surface area contributed by atoms with E-state index in [2.05, 4.69) is 0 Å². The van der Waals surface area contributed by atoms with Gasteiger partial charge >= 0.3 is 0 Å². The molecule has 1 aromatic carbocycles. The van der Waals surface area contributed by atoms with Gasteiger partial charge in [0.2, 0.25) is 0 Å². The second kappa shape index (κ2) is 6.04. The van der Waals surface area contributed by atoms with Crippen LogP contribution in [-0.4, -0.2) is 5.11 Å². The molecule has 2 unspecified atom stereocenters. The highest BCUT2D eigenvalue weighted by atomic mass is 19.1. The predicted molar refractivity (Wildman–Crippen MR) is 78.8 cm³/mol. The smallest absolute Gasteiger partial charge is 0.126 e. The van der Waals surface area contributed by atoms with E-state index in [4.69, 9.17) is 0 Å². The standard InChI is InChI=1S/C18H24F2O/c19-15-10-14(11-16(20)12-15)18(21)9-5-4-8-17(18)13-6-2-1-3-7-13/h10-13,17,21H,1-9H2. The summed E-state index contributed by atoms with van der Waals surface area (Å²) in [4.78, 5) is 0. The van der Waals surface area contributed by atoms with Gasteiger partial charge in [-0.3, -0.25) is 0 Å². The van der Waals surface area contributed by atoms with Crippen molar-refractivity contribution in [2.75, 3.05) is 0 Å². The van der Waals surface area contributed by atoms with Crippen molar-refractivity contribution in [3.8, 4) is 0 Å². The highest BCUT2D eigenvalue weighted by Gasteiger charge is 2.44. The van der Waals surface area contributed by atoms with E-state index in [1.807, 2.05) is 0 Å². The Morgan fingerprint density at radius 3 is 2.14 bits per heavy atom. The molecule has 1 N–H and O–H groups in total. The Morgan fingerprint density at radius 2 is 1.48 bits per heavy atom. The van der Waals surface area contributed by atoms with E-state index in [-0.39, 0.29) is 5.92 Å². The molecule has 2 saturated carbocycles. The molecular formula is C18H24F2O. The Morgan fingerprint density at radius 1 is 0.857 bits per heavy atom. The summed E-state index contributed by atoms with van der Waals surface area (Å²) in [6.45, 7) is 0. The summed E-state index contributed by atoms with van der Waals surface area (Å²) in [5.74, 6) is -0.541. The van der Waals surface area contributed by atoms with Crippen LogP contribution in [0.25, 0.3) is 0 Å². The minimum atomic E-state index is -1.05. The highest BCUT2D eigenvalue weighted by Crippen LogP contribution is 2.49. The van der Waals surface area contributed by atoms with Crippen LogP contribution in [0.4, 0.5) is 8.78 Å². The number of hydrogen-bond acceptors (Lipinski definition) is 1. The summed E-state index contributed by atoms with van der Waals surface area (Å²) in [5.41, 5.74) is -0.612. The van der Waals surface area contributed by atoms with Crippen molar-refractivity contribution < 1.29 is 13.9 Å². The fourth-order valence-corrected chi connectivity index (χ4v) is 4.51. The third-order valence-electron chi connectivity index (χ3n) is 5.52. The van der Waals surface area contributed by atoms with Gasteiger partial charge in [0.05, 0.1) is 5.60 Å². The van der Waals surface area contributed by atoms with E-state index in [0.717, 1.165) is 38.2 Å². The molecule has 0 bridgehead atoms. The Hall–Kier alpha value is -0.960. The maximum Gasteiger partial charge on any atom is 0.126 e. The van der Waals surface area contributed by atoms with E-state index in [1.54, 1.807) is 0 Å². The molecule has 0 saturated heterocycles. The first-order valence-corrected chi connectivity index (χ1v) is 8.28. The molecule has 3 rings (SSSR count). The zero-order chi connectivity index (χ0) is 14.9. The summed E-state index contributed by atoms with van der Waals surface area (Å²) in [6, 6.07) is 3.53. The van der Waals surface area contributed by atoms with E-state index in [0.29, 0.717) is 17.9 Å². The van der Waals surface area contributed by atoms with Gasteiger partial charge in [-0.1, -0.05) is 44.9 Å². The van der Waals surface area contributed by atoms with Gasteiger partial charge in [0, 0.05) is 6.07 Å². The molecule has 0 amide bonds. The maximum absolute atomic E-state index is 13.6. The lowest BCUT2D eigenvalue weighted by Crippen LogP contribution is -2.42. The molecule has 2 fully saturated rings. The van der Waals surface area contributed by atoms with Crippen molar-refractivity contribution in [1.29, 1.82) is 0 Å². The first-order valence-electron chi connectivity index (χ1n) is 8.28. The van der Waals surface area contributed by atoms with Crippen LogP contribution in [0.3, 0.4) is 0 Å². The van der Waals surface area contributed by atoms with Gasteiger partial charge in [0.25, 0.3) is 0 Å². The van der Waals surface area contributed by atoms with Crippen molar-refractivity contribution in [2.45, 2.75) is 63.4 Å². The molecule has 1 nitrogen and oxygen atoms in total. The monoisotopic (exact) mass is 294 g/mol. The summed E-state index contributed by atoms with van der Waals surface area (Å²) in [6.07, 6.45) is 9.63. The molecule has 21 heavy (non-hydrogen) atoms. The van der Waals surface area contributed by atoms with Crippen LogP contribution in [0, 0.1) is 23.5 Å². The van der Waals surface area contributed by atoms with Crippen LogP contribution < -0.4 is 0 Å². The van der Waals surface area contributed by atoms with Crippen molar-refractivity contribution in [3.05, 3.63) is 35.4 Å². The Balaban J connectivity index is 1.93. The molecule has 0 heterocycles. The summed E-state index contributed by atoms with van der Waals surface area (Å²) in [7, 11) is 0. The molecular weight excluding hydrogens is 270 g/mol. The van der Waals surface area contributed by atoms with Crippen LogP contribution in [0.5, 0.6) is 0 Å². The second-order valence-corrected chi connectivity index (χ2v) is 6.83. The number of aliphatic hydroxyl groups is 1. The molecule has 2 aliphatic carbocycles. The summed E-state index contributed by atoms with van der Waals surface area (Å²) in [5, 5.41) is 11.3. The van der Waals surface area contributed by atoms with E-state index < -0.39 is 17.2 Å². The third kappa shape index (κ3) is 2.98. The molecule has 0 aromatic heterocycles. The SMILES string of the molecule is OC1(c2cc(F)cc(F)c2)CCCCC1C1CCCCC1. The number of benzene rings is 1. The Labute approximate surface area is 125 Å². The van der Waals surface area contributed by atoms with Gasteiger partial charge in [-0.05, 0) is 42.4 Å². The molecule has 3 heteroatoms. The molecule has 2 atom stereocenters. The molecule has 0 aliphatic heterocycles. The van der Waals surface area contributed by atoms with Crippen LogP contribution in [0.2, 0.25) is 0 Å². The Bertz CT molecular complexity index is 476. The van der Waals surface area contributed by atoms with E-state index in [9.17, 15) is 13.9 Å². The third-order valence-corrected chi connectivity index (χ3v) is 5.52. The summed E-state index contributed by atoms with van der Waals surface area (Å²) >= 11 is 0. The highest BCUT2D eigenvalue weighted by molar-refractivity contribution is 5.26. The van der Waals surface area contributed by atoms with Gasteiger partial charge in [-0.2, -0.15) is 0 Å². The minimum Gasteiger partial charge on any atom is -0.385 e. The largest absolute Gasteiger partial charge is 0.385 e. The van der Waals surface area contributed by atoms with Gasteiger partial charge in [-0.15, -0.1) is 0 Å². The fraction of sp³-hybridized carbons (Fsp3) is 0.667. The average Bonchev–Trinajstić information content (AvgIpc) is 2.47. The molecule has 2 aliphatic rings. The lowest BCUT2D eigenvalue weighted by molar-refractivity contribution is -0.0838. The first kappa shape index (κ1) is 15.0. The minimum absolute atomic E-state index is 0.146. The summed E-state index contributed by atoms with van der Waals surface area (Å²) < 4.78 is 27.1. The number of hydrogen-bond donors (Lipinski definition) is 1. The second-order valence-electron chi connectivity index (χ2n) is 6.83. The van der Waals surface area contributed by atoms with Crippen molar-refractivity contribution in [3.63, 3.8) is 0 Å². The first-order chi connectivity index (χ1) is 10.1. The molecule has 0 spiro atoms. The number of halogens is 2. The normalized spacial score (nSPS) is 31.3. The van der Waals surface area contributed by atoms with E-state index >= 15 is 0 Å². The van der Waals surface area contributed by atoms with Gasteiger partial charge < -0.3 is 5.11 Å². The maximum atomic E-state index is 13.6. The fourth-order valence-electron chi connectivity index (χ4n) is 4.51. The zero-order valence-electron chi connectivity index (χ0n) is 12.5.